The van der Waals surface area contributed by atoms with Gasteiger partial charge >= 0.3 is 0 Å². The number of amides is 2. The van der Waals surface area contributed by atoms with Crippen molar-refractivity contribution >= 4 is 11.8 Å². The zero-order valence-corrected chi connectivity index (χ0v) is 18.3. The van der Waals surface area contributed by atoms with Crippen molar-refractivity contribution < 1.29 is 18.7 Å². The quantitative estimate of drug-likeness (QED) is 0.667. The fraction of sp³-hybridized carbons (Fsp3) is 0.417. The SMILES string of the molecule is CC(C)NC(=O)[C@H](C)N(Cc1ccc(F)cc1)C(=O)COc1ccccc1C(C)C. The zero-order valence-electron chi connectivity index (χ0n) is 18.3. The van der Waals surface area contributed by atoms with E-state index >= 15 is 0 Å². The average molecular weight is 415 g/mol. The van der Waals surface area contributed by atoms with Crippen molar-refractivity contribution in [3.8, 4) is 5.75 Å². The lowest BCUT2D eigenvalue weighted by Crippen LogP contribution is -2.50. The molecule has 1 atom stereocenters. The van der Waals surface area contributed by atoms with Crippen LogP contribution in [0.5, 0.6) is 5.75 Å². The summed E-state index contributed by atoms with van der Waals surface area (Å²) >= 11 is 0. The number of hydrogen-bond donors (Lipinski definition) is 1. The average Bonchev–Trinajstić information content (AvgIpc) is 2.70. The first-order valence-corrected chi connectivity index (χ1v) is 10.2. The van der Waals surface area contributed by atoms with E-state index in [1.165, 1.54) is 17.0 Å². The van der Waals surface area contributed by atoms with Gasteiger partial charge in [0, 0.05) is 12.6 Å². The highest BCUT2D eigenvalue weighted by molar-refractivity contribution is 5.88. The molecule has 0 aromatic heterocycles. The number of benzene rings is 2. The third kappa shape index (κ3) is 6.58. The number of hydrogen-bond acceptors (Lipinski definition) is 3. The van der Waals surface area contributed by atoms with Gasteiger partial charge in [0.05, 0.1) is 0 Å². The normalized spacial score (nSPS) is 12.0. The highest BCUT2D eigenvalue weighted by atomic mass is 19.1. The van der Waals surface area contributed by atoms with E-state index in [9.17, 15) is 14.0 Å². The van der Waals surface area contributed by atoms with Crippen LogP contribution >= 0.6 is 0 Å². The molecule has 0 aliphatic carbocycles. The maximum Gasteiger partial charge on any atom is 0.261 e. The first kappa shape index (κ1) is 23.4. The van der Waals surface area contributed by atoms with Crippen LogP contribution < -0.4 is 10.1 Å². The van der Waals surface area contributed by atoms with Crippen LogP contribution in [0.3, 0.4) is 0 Å². The molecule has 5 nitrogen and oxygen atoms in total. The van der Waals surface area contributed by atoms with Gasteiger partial charge in [-0.2, -0.15) is 0 Å². The molecule has 0 spiro atoms. The number of rotatable bonds is 9. The second kappa shape index (κ2) is 10.8. The van der Waals surface area contributed by atoms with Gasteiger partial charge < -0.3 is 15.0 Å². The monoisotopic (exact) mass is 414 g/mol. The maximum absolute atomic E-state index is 13.3. The van der Waals surface area contributed by atoms with Gasteiger partial charge in [-0.05, 0) is 56.0 Å². The smallest absolute Gasteiger partial charge is 0.261 e. The second-order valence-electron chi connectivity index (χ2n) is 7.97. The molecule has 0 aliphatic rings. The number of para-hydroxylation sites is 1. The summed E-state index contributed by atoms with van der Waals surface area (Å²) in [7, 11) is 0. The molecule has 0 radical (unpaired) electrons. The summed E-state index contributed by atoms with van der Waals surface area (Å²) in [4.78, 5) is 27.1. The van der Waals surface area contributed by atoms with E-state index in [1.54, 1.807) is 19.1 Å². The lowest BCUT2D eigenvalue weighted by Gasteiger charge is -2.29. The number of ether oxygens (including phenoxy) is 1. The molecular weight excluding hydrogens is 383 g/mol. The minimum absolute atomic E-state index is 0.0445. The molecule has 0 saturated heterocycles. The zero-order chi connectivity index (χ0) is 22.3. The maximum atomic E-state index is 13.3. The number of halogens is 1. The van der Waals surface area contributed by atoms with Crippen LogP contribution in [-0.4, -0.2) is 35.4 Å². The molecule has 2 amide bonds. The first-order valence-electron chi connectivity index (χ1n) is 10.2. The Balaban J connectivity index is 2.19. The number of nitrogens with zero attached hydrogens (tertiary/aromatic N) is 1. The van der Waals surface area contributed by atoms with Gasteiger partial charge in [0.2, 0.25) is 5.91 Å². The molecule has 0 unspecified atom stereocenters. The van der Waals surface area contributed by atoms with Gasteiger partial charge in [-0.15, -0.1) is 0 Å². The van der Waals surface area contributed by atoms with E-state index in [1.807, 2.05) is 38.1 Å². The fourth-order valence-electron chi connectivity index (χ4n) is 3.09. The molecular formula is C24H31FN2O3. The van der Waals surface area contributed by atoms with E-state index in [4.69, 9.17) is 4.74 Å². The van der Waals surface area contributed by atoms with Gasteiger partial charge in [-0.1, -0.05) is 44.2 Å². The Morgan fingerprint density at radius 3 is 2.23 bits per heavy atom. The van der Waals surface area contributed by atoms with Crippen molar-refractivity contribution in [3.05, 3.63) is 65.5 Å². The standard InChI is InChI=1S/C24H31FN2O3/c1-16(2)21-8-6-7-9-22(21)30-15-23(28)27(18(5)24(29)26-17(3)4)14-19-10-12-20(25)13-11-19/h6-13,16-18H,14-15H2,1-5H3,(H,26,29)/t18-/m0/s1. The minimum atomic E-state index is -0.700. The minimum Gasteiger partial charge on any atom is -0.483 e. The third-order valence-electron chi connectivity index (χ3n) is 4.76. The van der Waals surface area contributed by atoms with Crippen LogP contribution in [0.2, 0.25) is 0 Å². The van der Waals surface area contributed by atoms with Gasteiger partial charge in [-0.3, -0.25) is 9.59 Å². The highest BCUT2D eigenvalue weighted by Crippen LogP contribution is 2.26. The molecule has 0 aliphatic heterocycles. The van der Waals surface area contributed by atoms with Crippen molar-refractivity contribution in [2.45, 2.75) is 59.2 Å². The molecule has 162 valence electrons. The lowest BCUT2D eigenvalue weighted by atomic mass is 10.0. The van der Waals surface area contributed by atoms with Crippen molar-refractivity contribution in [1.82, 2.24) is 10.2 Å². The van der Waals surface area contributed by atoms with E-state index in [0.717, 1.165) is 11.1 Å². The third-order valence-corrected chi connectivity index (χ3v) is 4.76. The molecule has 2 aromatic carbocycles. The second-order valence-corrected chi connectivity index (χ2v) is 7.97. The largest absolute Gasteiger partial charge is 0.483 e. The van der Waals surface area contributed by atoms with Crippen LogP contribution in [0.1, 0.15) is 51.7 Å². The van der Waals surface area contributed by atoms with E-state index in [0.29, 0.717) is 5.75 Å². The van der Waals surface area contributed by atoms with Gasteiger partial charge in [0.25, 0.3) is 5.91 Å². The Labute approximate surface area is 178 Å². The summed E-state index contributed by atoms with van der Waals surface area (Å²) in [6.07, 6.45) is 0. The number of carbonyl (C=O) groups is 2. The van der Waals surface area contributed by atoms with Gasteiger partial charge in [0.15, 0.2) is 6.61 Å². The number of carbonyl (C=O) groups excluding carboxylic acids is 2. The lowest BCUT2D eigenvalue weighted by molar-refractivity contribution is -0.142. The number of nitrogens with one attached hydrogen (secondary N) is 1. The molecule has 2 aromatic rings. The molecule has 6 heteroatoms. The Morgan fingerprint density at radius 2 is 1.63 bits per heavy atom. The van der Waals surface area contributed by atoms with E-state index in [-0.39, 0.29) is 42.7 Å². The summed E-state index contributed by atoms with van der Waals surface area (Å²) in [6, 6.07) is 12.8. The van der Waals surface area contributed by atoms with E-state index < -0.39 is 6.04 Å². The summed E-state index contributed by atoms with van der Waals surface area (Å²) in [6.45, 7) is 9.52. The Kier molecular flexibility index (Phi) is 8.39. The van der Waals surface area contributed by atoms with E-state index in [2.05, 4.69) is 19.2 Å². The van der Waals surface area contributed by atoms with Gasteiger partial charge in [-0.25, -0.2) is 4.39 Å². The molecule has 0 fully saturated rings. The predicted octanol–water partition coefficient (Wildman–Crippen LogP) is 4.27. The molecule has 1 N–H and O–H groups in total. The summed E-state index contributed by atoms with van der Waals surface area (Å²) in [5, 5.41) is 2.84. The first-order chi connectivity index (χ1) is 14.2. The highest BCUT2D eigenvalue weighted by Gasteiger charge is 2.27. The van der Waals surface area contributed by atoms with Crippen LogP contribution in [0, 0.1) is 5.82 Å². The summed E-state index contributed by atoms with van der Waals surface area (Å²) in [5.74, 6) is -0.00702. The molecule has 0 saturated carbocycles. The fourth-order valence-corrected chi connectivity index (χ4v) is 3.09. The van der Waals surface area contributed by atoms with Crippen molar-refractivity contribution in [2.24, 2.45) is 0 Å². The Hall–Kier alpha value is -2.89. The predicted molar refractivity (Wildman–Crippen MR) is 116 cm³/mol. The van der Waals surface area contributed by atoms with Crippen LogP contribution in [0.4, 0.5) is 4.39 Å². The van der Waals surface area contributed by atoms with Gasteiger partial charge in [0.1, 0.15) is 17.6 Å². The van der Waals surface area contributed by atoms with Crippen molar-refractivity contribution in [1.29, 1.82) is 0 Å². The van der Waals surface area contributed by atoms with Crippen LogP contribution in [-0.2, 0) is 16.1 Å². The topological polar surface area (TPSA) is 58.6 Å². The Bertz CT molecular complexity index is 850. The molecule has 30 heavy (non-hydrogen) atoms. The molecule has 0 bridgehead atoms. The molecule has 0 heterocycles. The van der Waals surface area contributed by atoms with Crippen molar-refractivity contribution in [3.63, 3.8) is 0 Å². The van der Waals surface area contributed by atoms with Crippen LogP contribution in [0.15, 0.2) is 48.5 Å². The summed E-state index contributed by atoms with van der Waals surface area (Å²) < 4.78 is 19.1. The summed E-state index contributed by atoms with van der Waals surface area (Å²) in [5.41, 5.74) is 1.75. The van der Waals surface area contributed by atoms with Crippen molar-refractivity contribution in [2.75, 3.05) is 6.61 Å². The Morgan fingerprint density at radius 1 is 1.00 bits per heavy atom. The molecule has 2 rings (SSSR count). The van der Waals surface area contributed by atoms with Crippen LogP contribution in [0.25, 0.3) is 0 Å².